The standard InChI is InChI=1S/C29H64N3O6PSi3/c1-21(24(33)31-22(2)26(35)37-41(15,16)28(6,7)8)30-25(34)23(32-40(13,14)27(3,4)5)19-20-39(12,36)38-42(17,18)29(9,10)11/h21-23,32H,19-20H2,1-18H3,(H,30,34)(H,31,33). The molecular weight excluding hydrogens is 602 g/mol. The summed E-state index contributed by atoms with van der Waals surface area (Å²) in [6.45, 7) is 36.1. The van der Waals surface area contributed by atoms with Crippen LogP contribution in [0, 0.1) is 0 Å². The van der Waals surface area contributed by atoms with Crippen LogP contribution >= 0.6 is 7.37 Å². The molecule has 0 aliphatic carbocycles. The third-order valence-corrected chi connectivity index (χ3v) is 26.6. The Balaban J connectivity index is 5.71. The molecule has 0 aromatic carbocycles. The lowest BCUT2D eigenvalue weighted by Crippen LogP contribution is -2.62. The molecule has 9 nitrogen and oxygen atoms in total. The molecule has 2 amide bonds. The second kappa shape index (κ2) is 14.1. The van der Waals surface area contributed by atoms with Crippen molar-refractivity contribution in [3.63, 3.8) is 0 Å². The molecule has 4 unspecified atom stereocenters. The first-order valence-corrected chi connectivity index (χ1v) is 26.2. The van der Waals surface area contributed by atoms with Gasteiger partial charge in [-0.2, -0.15) is 0 Å². The van der Waals surface area contributed by atoms with Gasteiger partial charge in [0.2, 0.25) is 20.1 Å². The van der Waals surface area contributed by atoms with Crippen molar-refractivity contribution in [2.45, 2.75) is 155 Å². The predicted octanol–water partition coefficient (Wildman–Crippen LogP) is 6.83. The van der Waals surface area contributed by atoms with Crippen LogP contribution in [0.3, 0.4) is 0 Å². The van der Waals surface area contributed by atoms with E-state index in [1.54, 1.807) is 20.5 Å². The van der Waals surface area contributed by atoms with Gasteiger partial charge in [0, 0.05) is 12.8 Å². The predicted molar refractivity (Wildman–Crippen MR) is 184 cm³/mol. The van der Waals surface area contributed by atoms with E-state index in [1.165, 1.54) is 0 Å². The molecular formula is C29H64N3O6PSi3. The summed E-state index contributed by atoms with van der Waals surface area (Å²) in [5, 5.41) is 5.21. The number of carbonyl (C=O) groups is 3. The monoisotopic (exact) mass is 665 g/mol. The molecule has 0 aliphatic rings. The molecule has 3 N–H and O–H groups in total. The zero-order chi connectivity index (χ0) is 33.9. The Morgan fingerprint density at radius 3 is 1.55 bits per heavy atom. The van der Waals surface area contributed by atoms with E-state index < -0.39 is 62.2 Å². The Morgan fingerprint density at radius 1 is 0.714 bits per heavy atom. The molecule has 0 aromatic heterocycles. The largest absolute Gasteiger partial charge is 0.518 e. The van der Waals surface area contributed by atoms with Gasteiger partial charge >= 0.3 is 5.97 Å². The SMILES string of the molecule is CC(NC(=O)C(CCP(C)(=O)O[Si](C)(C)C(C)(C)C)N[Si](C)(C)C(C)(C)C)C(=O)NC(C)C(=O)O[Si](C)(C)C(C)(C)C. The highest BCUT2D eigenvalue weighted by Crippen LogP contribution is 2.52. The van der Waals surface area contributed by atoms with Crippen LogP contribution in [0.25, 0.3) is 0 Å². The quantitative estimate of drug-likeness (QED) is 0.146. The van der Waals surface area contributed by atoms with Crippen molar-refractivity contribution in [3.8, 4) is 0 Å². The van der Waals surface area contributed by atoms with E-state index in [0.717, 1.165) is 0 Å². The highest BCUT2D eigenvalue weighted by Gasteiger charge is 2.44. The summed E-state index contributed by atoms with van der Waals surface area (Å²) in [5.74, 6) is -1.30. The van der Waals surface area contributed by atoms with E-state index in [2.05, 4.69) is 83.3 Å². The van der Waals surface area contributed by atoms with Crippen LogP contribution in [0.2, 0.25) is 54.4 Å². The van der Waals surface area contributed by atoms with Gasteiger partial charge in [-0.3, -0.25) is 18.9 Å². The van der Waals surface area contributed by atoms with Crippen molar-refractivity contribution in [1.29, 1.82) is 0 Å². The summed E-state index contributed by atoms with van der Waals surface area (Å²) in [6, 6.07) is -2.40. The molecule has 0 fully saturated rings. The van der Waals surface area contributed by atoms with Crippen LogP contribution < -0.4 is 15.6 Å². The second-order valence-electron chi connectivity index (χ2n) is 16.6. The third-order valence-electron chi connectivity index (χ3n) is 9.40. The van der Waals surface area contributed by atoms with Gasteiger partial charge in [0.1, 0.15) is 20.3 Å². The second-order valence-corrected chi connectivity index (χ2v) is 34.1. The van der Waals surface area contributed by atoms with Gasteiger partial charge in [0.15, 0.2) is 7.37 Å². The molecule has 0 bridgehead atoms. The fourth-order valence-corrected chi connectivity index (χ4v) is 11.8. The maximum atomic E-state index is 13.6. The molecule has 0 heterocycles. The van der Waals surface area contributed by atoms with Crippen molar-refractivity contribution < 1.29 is 27.6 Å². The van der Waals surface area contributed by atoms with Crippen molar-refractivity contribution in [1.82, 2.24) is 15.6 Å². The molecule has 0 spiro atoms. The molecule has 248 valence electrons. The summed E-state index contributed by atoms with van der Waals surface area (Å²) in [7, 11) is -9.76. The smallest absolute Gasteiger partial charge is 0.315 e. The molecule has 13 heteroatoms. The van der Waals surface area contributed by atoms with Gasteiger partial charge in [0.05, 0.1) is 6.04 Å². The zero-order valence-corrected chi connectivity index (χ0v) is 33.9. The van der Waals surface area contributed by atoms with Crippen LogP contribution in [0.1, 0.15) is 82.6 Å². The Morgan fingerprint density at radius 2 is 1.14 bits per heavy atom. The summed E-state index contributed by atoms with van der Waals surface area (Å²) in [4.78, 5) is 43.0. The molecule has 42 heavy (non-hydrogen) atoms. The average molecular weight is 666 g/mol. The number of nitrogens with one attached hydrogen (secondary N) is 3. The van der Waals surface area contributed by atoms with Gasteiger partial charge < -0.3 is 24.3 Å². The van der Waals surface area contributed by atoms with Gasteiger partial charge in [-0.15, -0.1) is 0 Å². The van der Waals surface area contributed by atoms with Gasteiger partial charge in [-0.05, 0) is 61.6 Å². The van der Waals surface area contributed by atoms with E-state index in [-0.39, 0.29) is 27.2 Å². The van der Waals surface area contributed by atoms with Crippen LogP contribution in [0.5, 0.6) is 0 Å². The third kappa shape index (κ3) is 12.3. The molecule has 0 aliphatic heterocycles. The van der Waals surface area contributed by atoms with Crippen LogP contribution in [0.4, 0.5) is 0 Å². The van der Waals surface area contributed by atoms with Gasteiger partial charge in [0.25, 0.3) is 8.32 Å². The fraction of sp³-hybridized carbons (Fsp3) is 0.897. The molecule has 4 atom stereocenters. The molecule has 0 saturated heterocycles. The molecule has 0 saturated carbocycles. The number of amides is 2. The first kappa shape index (κ1) is 41.2. The van der Waals surface area contributed by atoms with Crippen molar-refractivity contribution in [2.75, 3.05) is 12.8 Å². The maximum absolute atomic E-state index is 13.6. The van der Waals surface area contributed by atoms with Crippen molar-refractivity contribution >= 4 is 50.0 Å². The summed E-state index contributed by atoms with van der Waals surface area (Å²) in [5.41, 5.74) is 0. The van der Waals surface area contributed by atoms with E-state index >= 15 is 0 Å². The van der Waals surface area contributed by atoms with E-state index in [1.807, 2.05) is 33.9 Å². The molecule has 0 rings (SSSR count). The first-order valence-electron chi connectivity index (χ1n) is 15.1. The Kier molecular flexibility index (Phi) is 13.8. The minimum atomic E-state index is -2.99. The van der Waals surface area contributed by atoms with Gasteiger partial charge in [-0.1, -0.05) is 75.4 Å². The number of rotatable bonds is 13. The first-order chi connectivity index (χ1) is 18.3. The van der Waals surface area contributed by atoms with Crippen molar-refractivity contribution in [2.24, 2.45) is 0 Å². The summed E-state index contributed by atoms with van der Waals surface area (Å²) in [6.07, 6.45) is 0.556. The molecule has 0 aromatic rings. The lowest BCUT2D eigenvalue weighted by Gasteiger charge is -2.41. The van der Waals surface area contributed by atoms with Crippen LogP contribution in [-0.2, 0) is 27.6 Å². The topological polar surface area (TPSA) is 123 Å². The Labute approximate surface area is 260 Å². The van der Waals surface area contributed by atoms with Gasteiger partial charge in [-0.25, -0.2) is 0 Å². The highest BCUT2D eigenvalue weighted by molar-refractivity contribution is 7.59. The lowest BCUT2D eigenvalue weighted by atomic mass is 10.2. The summed E-state index contributed by atoms with van der Waals surface area (Å²) < 4.78 is 25.7. The van der Waals surface area contributed by atoms with Crippen LogP contribution in [0.15, 0.2) is 0 Å². The molecule has 0 radical (unpaired) electrons. The highest BCUT2D eigenvalue weighted by atomic mass is 31.2. The minimum absolute atomic E-state index is 0.0536. The van der Waals surface area contributed by atoms with E-state index in [9.17, 15) is 18.9 Å². The van der Waals surface area contributed by atoms with Crippen molar-refractivity contribution in [3.05, 3.63) is 0 Å². The average Bonchev–Trinajstić information content (AvgIpc) is 2.72. The zero-order valence-electron chi connectivity index (χ0n) is 30.0. The Bertz CT molecular complexity index is 1010. The maximum Gasteiger partial charge on any atom is 0.315 e. The lowest BCUT2D eigenvalue weighted by molar-refractivity contribution is -0.140. The van der Waals surface area contributed by atoms with E-state index in [0.29, 0.717) is 6.42 Å². The number of hydrogen-bond acceptors (Lipinski definition) is 7. The number of carbonyl (C=O) groups excluding carboxylic acids is 3. The van der Waals surface area contributed by atoms with Crippen LogP contribution in [-0.4, -0.2) is 73.6 Å². The number of hydrogen-bond donors (Lipinski definition) is 3. The Hall–Kier alpha value is -0.789. The van der Waals surface area contributed by atoms with E-state index in [4.69, 9.17) is 8.64 Å². The fourth-order valence-electron chi connectivity index (χ4n) is 3.22. The minimum Gasteiger partial charge on any atom is -0.518 e. The normalized spacial score (nSPS) is 17.5. The summed E-state index contributed by atoms with van der Waals surface area (Å²) >= 11 is 0.